The summed E-state index contributed by atoms with van der Waals surface area (Å²) in [4.78, 5) is 22.5. The van der Waals surface area contributed by atoms with E-state index in [1.54, 1.807) is 0 Å². The van der Waals surface area contributed by atoms with Gasteiger partial charge in [0.05, 0.1) is 10.5 Å². The molecule has 1 amide bonds. The normalized spacial score (nSPS) is 12.5. The Hall–Kier alpha value is -1.67. The summed E-state index contributed by atoms with van der Waals surface area (Å²) < 4.78 is 25.1. The van der Waals surface area contributed by atoms with E-state index < -0.39 is 27.0 Å². The van der Waals surface area contributed by atoms with Gasteiger partial charge in [0.1, 0.15) is 5.25 Å². The van der Waals surface area contributed by atoms with Gasteiger partial charge in [-0.3, -0.25) is 4.79 Å². The summed E-state index contributed by atoms with van der Waals surface area (Å²) in [6.45, 7) is 4.81. The number of nitrogens with one attached hydrogen (secondary N) is 1. The average molecular weight is 376 g/mol. The van der Waals surface area contributed by atoms with Crippen LogP contribution >= 0.6 is 15.9 Å². The fourth-order valence-electron chi connectivity index (χ4n) is 1.50. The fraction of sp³-hybridized carbons (Fsp3) is 0.231. The number of aromatic carboxylic acids is 1. The molecule has 1 aromatic carbocycles. The minimum absolute atomic E-state index is 0.148. The van der Waals surface area contributed by atoms with Gasteiger partial charge in [-0.2, -0.15) is 0 Å². The molecule has 0 aliphatic carbocycles. The molecule has 0 saturated heterocycles. The Labute approximate surface area is 130 Å². The molecule has 0 bridgehead atoms. The predicted molar refractivity (Wildman–Crippen MR) is 81.0 cm³/mol. The summed E-state index contributed by atoms with van der Waals surface area (Å²) in [7, 11) is -4.01. The Kier molecular flexibility index (Phi) is 5.68. The van der Waals surface area contributed by atoms with Crippen molar-refractivity contribution in [3.8, 4) is 0 Å². The number of hydrogen-bond donors (Lipinski definition) is 2. The van der Waals surface area contributed by atoms with Crippen molar-refractivity contribution < 1.29 is 23.1 Å². The largest absolute Gasteiger partial charge is 0.478 e. The Morgan fingerprint density at radius 2 is 2.10 bits per heavy atom. The number of amides is 1. The van der Waals surface area contributed by atoms with E-state index >= 15 is 0 Å². The molecule has 21 heavy (non-hydrogen) atoms. The van der Waals surface area contributed by atoms with Crippen LogP contribution in [0.25, 0.3) is 0 Å². The van der Waals surface area contributed by atoms with Gasteiger partial charge in [0.15, 0.2) is 9.84 Å². The first-order valence-electron chi connectivity index (χ1n) is 5.87. The molecule has 0 saturated carbocycles. The maximum absolute atomic E-state index is 12.4. The number of carbonyl (C=O) groups is 2. The summed E-state index contributed by atoms with van der Waals surface area (Å²) in [5, 5.41) is 9.98. The third-order valence-corrected chi connectivity index (χ3v) is 5.79. The lowest BCUT2D eigenvalue weighted by Gasteiger charge is -2.14. The number of carbonyl (C=O) groups excluding carboxylic acids is 1. The zero-order chi connectivity index (χ0) is 16.2. The van der Waals surface area contributed by atoms with Crippen LogP contribution in [0.4, 0.5) is 0 Å². The van der Waals surface area contributed by atoms with Gasteiger partial charge in [-0.25, -0.2) is 13.2 Å². The van der Waals surface area contributed by atoms with Crippen molar-refractivity contribution in [2.24, 2.45) is 0 Å². The molecule has 2 N–H and O–H groups in total. The predicted octanol–water partition coefficient (Wildman–Crippen LogP) is 1.61. The van der Waals surface area contributed by atoms with Crippen LogP contribution in [0, 0.1) is 0 Å². The highest BCUT2D eigenvalue weighted by molar-refractivity contribution is 9.10. The zero-order valence-corrected chi connectivity index (χ0v) is 13.6. The molecule has 0 aliphatic rings. The van der Waals surface area contributed by atoms with Crippen LogP contribution < -0.4 is 5.32 Å². The maximum atomic E-state index is 12.4. The Balaban J connectivity index is 3.24. The van der Waals surface area contributed by atoms with Crippen LogP contribution in [0.15, 0.2) is 40.2 Å². The molecular formula is C13H14BrNO5S. The molecule has 0 spiro atoms. The first-order chi connectivity index (χ1) is 9.71. The third kappa shape index (κ3) is 3.92. The lowest BCUT2D eigenvalue weighted by atomic mass is 10.2. The lowest BCUT2D eigenvalue weighted by molar-refractivity contribution is -0.120. The molecule has 1 atom stereocenters. The first kappa shape index (κ1) is 17.4. The highest BCUT2D eigenvalue weighted by Gasteiger charge is 2.31. The maximum Gasteiger partial charge on any atom is 0.335 e. The van der Waals surface area contributed by atoms with E-state index in [1.165, 1.54) is 25.1 Å². The van der Waals surface area contributed by atoms with Gasteiger partial charge in [0.25, 0.3) is 0 Å². The van der Waals surface area contributed by atoms with Crippen LogP contribution in [0.1, 0.15) is 17.3 Å². The number of halogens is 1. The standard InChI is InChI=1S/C13H14BrNO5S/c1-3-6-15-12(16)8(2)21(19,20)11-7-9(13(17)18)4-5-10(11)14/h3-5,7-8H,1,6H2,2H3,(H,15,16)(H,17,18). The summed E-state index contributed by atoms with van der Waals surface area (Å²) in [5.41, 5.74) is -0.171. The minimum Gasteiger partial charge on any atom is -0.478 e. The minimum atomic E-state index is -4.01. The molecule has 0 aliphatic heterocycles. The molecular weight excluding hydrogens is 362 g/mol. The van der Waals surface area contributed by atoms with Gasteiger partial charge in [-0.1, -0.05) is 6.08 Å². The topological polar surface area (TPSA) is 101 Å². The molecule has 0 heterocycles. The molecule has 6 nitrogen and oxygen atoms in total. The molecule has 1 aromatic rings. The monoisotopic (exact) mass is 375 g/mol. The summed E-state index contributed by atoms with van der Waals surface area (Å²) >= 11 is 3.07. The van der Waals surface area contributed by atoms with E-state index in [4.69, 9.17) is 5.11 Å². The van der Waals surface area contributed by atoms with Crippen molar-refractivity contribution >= 4 is 37.6 Å². The second-order valence-electron chi connectivity index (χ2n) is 4.17. The van der Waals surface area contributed by atoms with Crippen molar-refractivity contribution in [3.05, 3.63) is 40.9 Å². The number of hydrogen-bond acceptors (Lipinski definition) is 4. The second-order valence-corrected chi connectivity index (χ2v) is 7.26. The smallest absolute Gasteiger partial charge is 0.335 e. The molecule has 1 rings (SSSR count). The van der Waals surface area contributed by atoms with Crippen LogP contribution in [-0.2, 0) is 14.6 Å². The van der Waals surface area contributed by atoms with Gasteiger partial charge < -0.3 is 10.4 Å². The number of carboxylic acids is 1. The zero-order valence-electron chi connectivity index (χ0n) is 11.2. The van der Waals surface area contributed by atoms with Crippen LogP contribution in [0.3, 0.4) is 0 Å². The summed E-state index contributed by atoms with van der Waals surface area (Å²) in [6, 6.07) is 3.62. The van der Waals surface area contributed by atoms with Crippen molar-refractivity contribution in [3.63, 3.8) is 0 Å². The van der Waals surface area contributed by atoms with E-state index in [2.05, 4.69) is 27.8 Å². The SMILES string of the molecule is C=CCNC(=O)C(C)S(=O)(=O)c1cc(C(=O)O)ccc1Br. The Bertz CT molecular complexity index is 684. The highest BCUT2D eigenvalue weighted by atomic mass is 79.9. The lowest BCUT2D eigenvalue weighted by Crippen LogP contribution is -2.38. The van der Waals surface area contributed by atoms with Crippen molar-refractivity contribution in [1.29, 1.82) is 0 Å². The van der Waals surface area contributed by atoms with E-state index in [0.717, 1.165) is 6.07 Å². The Morgan fingerprint density at radius 1 is 1.48 bits per heavy atom. The van der Waals surface area contributed by atoms with Crippen LogP contribution in [0.5, 0.6) is 0 Å². The summed E-state index contributed by atoms with van der Waals surface area (Å²) in [5.74, 6) is -1.93. The van der Waals surface area contributed by atoms with E-state index in [-0.39, 0.29) is 21.5 Å². The second kappa shape index (κ2) is 6.86. The average Bonchev–Trinajstić information content (AvgIpc) is 2.43. The Morgan fingerprint density at radius 3 is 2.62 bits per heavy atom. The molecule has 114 valence electrons. The van der Waals surface area contributed by atoms with Crippen molar-refractivity contribution in [2.75, 3.05) is 6.54 Å². The van der Waals surface area contributed by atoms with E-state index in [9.17, 15) is 18.0 Å². The molecule has 0 radical (unpaired) electrons. The number of carboxylic acid groups (broad SMARTS) is 1. The van der Waals surface area contributed by atoms with E-state index in [0.29, 0.717) is 0 Å². The number of rotatable bonds is 6. The van der Waals surface area contributed by atoms with Gasteiger partial charge in [0, 0.05) is 11.0 Å². The fourth-order valence-corrected chi connectivity index (χ4v) is 3.80. The van der Waals surface area contributed by atoms with Gasteiger partial charge in [-0.15, -0.1) is 6.58 Å². The third-order valence-electron chi connectivity index (χ3n) is 2.74. The molecule has 0 fully saturated rings. The quantitative estimate of drug-likeness (QED) is 0.735. The van der Waals surface area contributed by atoms with E-state index in [1.807, 2.05) is 0 Å². The van der Waals surface area contributed by atoms with Crippen LogP contribution in [0.2, 0.25) is 0 Å². The van der Waals surface area contributed by atoms with Crippen LogP contribution in [-0.4, -0.2) is 37.2 Å². The molecule has 1 unspecified atom stereocenters. The van der Waals surface area contributed by atoms with Gasteiger partial charge in [0.2, 0.25) is 5.91 Å². The highest BCUT2D eigenvalue weighted by Crippen LogP contribution is 2.26. The first-order valence-corrected chi connectivity index (χ1v) is 8.21. The number of benzene rings is 1. The molecule has 8 heteroatoms. The molecule has 0 aromatic heterocycles. The van der Waals surface area contributed by atoms with Gasteiger partial charge >= 0.3 is 5.97 Å². The van der Waals surface area contributed by atoms with Crippen molar-refractivity contribution in [2.45, 2.75) is 17.1 Å². The van der Waals surface area contributed by atoms with Crippen molar-refractivity contribution in [1.82, 2.24) is 5.32 Å². The number of sulfone groups is 1. The summed E-state index contributed by atoms with van der Waals surface area (Å²) in [6.07, 6.45) is 1.43. The van der Waals surface area contributed by atoms with Gasteiger partial charge in [-0.05, 0) is 41.1 Å².